The van der Waals surface area contributed by atoms with Crippen LogP contribution in [0.1, 0.15) is 43.0 Å². The molecule has 0 saturated carbocycles. The summed E-state index contributed by atoms with van der Waals surface area (Å²) in [5.74, 6) is -1.85. The highest BCUT2D eigenvalue weighted by Crippen LogP contribution is 2.17. The molecule has 0 unspecified atom stereocenters. The molecule has 184 valence electrons. The van der Waals surface area contributed by atoms with Crippen molar-refractivity contribution >= 4 is 40.2 Å². The lowest BCUT2D eigenvalue weighted by Crippen LogP contribution is -2.03. The van der Waals surface area contributed by atoms with Gasteiger partial charge in [0.2, 0.25) is 0 Å². The Labute approximate surface area is 224 Å². The standard InChI is InChI=1S/C15H13IO2.C15H15NO2/c2*16-14-10-12(8-9-13(14)15(17)18)7-6-11-4-2-1-3-5-11/h1-5,8-10H,6-7H2,(H,17,18);1-5,8-10H,6-7,16H2,(H,17,18). The molecule has 0 aliphatic rings. The number of hydrogen-bond donors (Lipinski definition) is 3. The second kappa shape index (κ2) is 13.4. The van der Waals surface area contributed by atoms with Crippen LogP contribution >= 0.6 is 22.6 Å². The van der Waals surface area contributed by atoms with Gasteiger partial charge >= 0.3 is 11.9 Å². The van der Waals surface area contributed by atoms with E-state index in [9.17, 15) is 9.59 Å². The summed E-state index contributed by atoms with van der Waals surface area (Å²) in [4.78, 5) is 21.7. The van der Waals surface area contributed by atoms with Gasteiger partial charge in [-0.2, -0.15) is 0 Å². The van der Waals surface area contributed by atoms with E-state index in [2.05, 4.69) is 46.9 Å². The minimum Gasteiger partial charge on any atom is -0.478 e. The van der Waals surface area contributed by atoms with Crippen molar-refractivity contribution in [3.63, 3.8) is 0 Å². The number of benzene rings is 4. The maximum Gasteiger partial charge on any atom is 0.337 e. The molecule has 4 rings (SSSR count). The number of aryl methyl sites for hydroxylation is 4. The molecular weight excluding hydrogens is 565 g/mol. The van der Waals surface area contributed by atoms with Crippen LogP contribution in [0.2, 0.25) is 0 Å². The number of carboxylic acid groups (broad SMARTS) is 2. The molecule has 36 heavy (non-hydrogen) atoms. The SMILES string of the molecule is Nc1cc(CCc2ccccc2)ccc1C(=O)O.O=C(O)c1ccc(CCc2ccccc2)cc1I. The van der Waals surface area contributed by atoms with E-state index in [1.807, 2.05) is 54.6 Å². The van der Waals surface area contributed by atoms with Gasteiger partial charge in [0.25, 0.3) is 0 Å². The van der Waals surface area contributed by atoms with Gasteiger partial charge in [0, 0.05) is 9.26 Å². The van der Waals surface area contributed by atoms with Crippen LogP contribution in [-0.4, -0.2) is 22.2 Å². The Balaban J connectivity index is 0.000000201. The van der Waals surface area contributed by atoms with E-state index in [-0.39, 0.29) is 5.56 Å². The van der Waals surface area contributed by atoms with E-state index in [4.69, 9.17) is 15.9 Å². The lowest BCUT2D eigenvalue weighted by Gasteiger charge is -2.05. The first-order valence-electron chi connectivity index (χ1n) is 11.5. The molecule has 5 nitrogen and oxygen atoms in total. The minimum absolute atomic E-state index is 0.165. The van der Waals surface area contributed by atoms with Crippen molar-refractivity contribution in [3.8, 4) is 0 Å². The predicted octanol–water partition coefficient (Wildman–Crippen LogP) is 6.53. The number of rotatable bonds is 8. The number of aromatic carboxylic acids is 2. The van der Waals surface area contributed by atoms with Crippen molar-refractivity contribution in [2.45, 2.75) is 25.7 Å². The highest BCUT2D eigenvalue weighted by Gasteiger charge is 2.09. The first-order chi connectivity index (χ1) is 17.3. The average molecular weight is 593 g/mol. The first kappa shape index (κ1) is 26.9. The summed E-state index contributed by atoms with van der Waals surface area (Å²) in [6, 6.07) is 31.1. The second-order valence-corrected chi connectivity index (χ2v) is 9.48. The lowest BCUT2D eigenvalue weighted by molar-refractivity contribution is 0.0686. The van der Waals surface area contributed by atoms with Gasteiger partial charge in [0.15, 0.2) is 0 Å². The Bertz CT molecular complexity index is 1200. The van der Waals surface area contributed by atoms with Gasteiger partial charge in [0.1, 0.15) is 0 Å². The summed E-state index contributed by atoms with van der Waals surface area (Å²) in [5, 5.41) is 17.8. The normalized spacial score (nSPS) is 10.2. The van der Waals surface area contributed by atoms with Crippen molar-refractivity contribution in [1.29, 1.82) is 0 Å². The molecule has 0 saturated heterocycles. The molecule has 0 heterocycles. The van der Waals surface area contributed by atoms with Crippen molar-refractivity contribution < 1.29 is 19.8 Å². The topological polar surface area (TPSA) is 101 Å². The Kier molecular flexibility index (Phi) is 10.1. The predicted molar refractivity (Wildman–Crippen MR) is 152 cm³/mol. The van der Waals surface area contributed by atoms with E-state index in [1.54, 1.807) is 18.2 Å². The fourth-order valence-corrected chi connectivity index (χ4v) is 4.53. The van der Waals surface area contributed by atoms with Gasteiger partial charge in [-0.3, -0.25) is 0 Å². The van der Waals surface area contributed by atoms with E-state index < -0.39 is 11.9 Å². The van der Waals surface area contributed by atoms with Crippen molar-refractivity contribution in [1.82, 2.24) is 0 Å². The monoisotopic (exact) mass is 593 g/mol. The number of halogens is 1. The smallest absolute Gasteiger partial charge is 0.337 e. The third kappa shape index (κ3) is 8.23. The maximum atomic E-state index is 10.9. The third-order valence-corrected chi connectivity index (χ3v) is 6.59. The van der Waals surface area contributed by atoms with Crippen LogP contribution in [0.4, 0.5) is 5.69 Å². The molecule has 4 N–H and O–H groups in total. The molecule has 0 amide bonds. The number of nitrogen functional groups attached to an aromatic ring is 1. The molecule has 0 bridgehead atoms. The molecule has 0 fully saturated rings. The fourth-order valence-electron chi connectivity index (χ4n) is 3.72. The molecular formula is C30H28INO4. The molecule has 0 spiro atoms. The lowest BCUT2D eigenvalue weighted by atomic mass is 10.0. The minimum atomic E-state index is -0.984. The van der Waals surface area contributed by atoms with Gasteiger partial charge in [0.05, 0.1) is 11.1 Å². The summed E-state index contributed by atoms with van der Waals surface area (Å²) < 4.78 is 0.797. The average Bonchev–Trinajstić information content (AvgIpc) is 2.87. The van der Waals surface area contributed by atoms with Crippen molar-refractivity contribution in [2.24, 2.45) is 0 Å². The highest BCUT2D eigenvalue weighted by atomic mass is 127. The molecule has 0 aliphatic carbocycles. The van der Waals surface area contributed by atoms with Crippen molar-refractivity contribution in [2.75, 3.05) is 5.73 Å². The molecule has 4 aromatic rings. The summed E-state index contributed by atoms with van der Waals surface area (Å²) in [7, 11) is 0. The molecule has 4 aromatic carbocycles. The van der Waals surface area contributed by atoms with Gasteiger partial charge < -0.3 is 15.9 Å². The van der Waals surface area contributed by atoms with E-state index >= 15 is 0 Å². The number of anilines is 1. The molecule has 6 heteroatoms. The van der Waals surface area contributed by atoms with E-state index in [0.717, 1.165) is 34.8 Å². The summed E-state index contributed by atoms with van der Waals surface area (Å²) >= 11 is 2.07. The zero-order valence-corrected chi connectivity index (χ0v) is 21.9. The fraction of sp³-hybridized carbons (Fsp3) is 0.133. The molecule has 0 aliphatic heterocycles. The molecule has 0 aromatic heterocycles. The Morgan fingerprint density at radius 1 is 0.583 bits per heavy atom. The number of nitrogens with two attached hydrogens (primary N) is 1. The third-order valence-electron chi connectivity index (χ3n) is 5.70. The summed E-state index contributed by atoms with van der Waals surface area (Å²) in [6.45, 7) is 0. The Morgan fingerprint density at radius 3 is 1.42 bits per heavy atom. The zero-order valence-electron chi connectivity index (χ0n) is 19.7. The summed E-state index contributed by atoms with van der Waals surface area (Å²) in [5.41, 5.74) is 11.4. The number of carbonyl (C=O) groups is 2. The van der Waals surface area contributed by atoms with Crippen LogP contribution in [0.5, 0.6) is 0 Å². The van der Waals surface area contributed by atoms with Crippen molar-refractivity contribution in [3.05, 3.63) is 134 Å². The summed E-state index contributed by atoms with van der Waals surface area (Å²) in [6.07, 6.45) is 3.68. The maximum absolute atomic E-state index is 10.9. The zero-order chi connectivity index (χ0) is 25.9. The van der Waals surface area contributed by atoms with Crippen LogP contribution in [0.3, 0.4) is 0 Å². The van der Waals surface area contributed by atoms with Gasteiger partial charge in [-0.25, -0.2) is 9.59 Å². The first-order valence-corrected chi connectivity index (χ1v) is 12.6. The molecule has 0 atom stereocenters. The quantitative estimate of drug-likeness (QED) is 0.159. The van der Waals surface area contributed by atoms with Crippen LogP contribution in [-0.2, 0) is 25.7 Å². The molecule has 0 radical (unpaired) electrons. The van der Waals surface area contributed by atoms with Crippen LogP contribution in [0.15, 0.2) is 97.1 Å². The van der Waals surface area contributed by atoms with E-state index in [1.165, 1.54) is 16.7 Å². The van der Waals surface area contributed by atoms with Gasteiger partial charge in [-0.15, -0.1) is 0 Å². The number of carboxylic acids is 2. The number of hydrogen-bond acceptors (Lipinski definition) is 3. The Hall–Kier alpha value is -3.65. The highest BCUT2D eigenvalue weighted by molar-refractivity contribution is 14.1. The van der Waals surface area contributed by atoms with Gasteiger partial charge in [-0.05, 0) is 94.8 Å². The second-order valence-electron chi connectivity index (χ2n) is 8.32. The van der Waals surface area contributed by atoms with Crippen LogP contribution in [0.25, 0.3) is 0 Å². The van der Waals surface area contributed by atoms with Gasteiger partial charge in [-0.1, -0.05) is 72.8 Å². The van der Waals surface area contributed by atoms with Crippen LogP contribution < -0.4 is 5.73 Å². The largest absolute Gasteiger partial charge is 0.478 e. The van der Waals surface area contributed by atoms with Crippen LogP contribution in [0, 0.1) is 3.57 Å². The Morgan fingerprint density at radius 2 is 1.00 bits per heavy atom. The van der Waals surface area contributed by atoms with E-state index in [0.29, 0.717) is 11.3 Å².